The standard InChI is InChI=1S/C16H23N5O2.2ClH/c17-11-3-6-19(7-4-11)10-12-5-8-20-15(23)9-18-13-1-2-14(22)21(12)16(13)20;;/h1-2,11-12,18H,3-10,17H2;2*1H. The molecule has 25 heavy (non-hydrogen) atoms. The normalized spacial score (nSPS) is 23.2. The van der Waals surface area contributed by atoms with Gasteiger partial charge in [0.15, 0.2) is 0 Å². The molecule has 0 aromatic carbocycles. The summed E-state index contributed by atoms with van der Waals surface area (Å²) < 4.78 is 1.82. The van der Waals surface area contributed by atoms with Crippen LogP contribution in [0, 0.1) is 0 Å². The number of nitrogens with zero attached hydrogens (tertiary/aromatic N) is 3. The van der Waals surface area contributed by atoms with E-state index in [1.54, 1.807) is 17.0 Å². The second-order valence-corrected chi connectivity index (χ2v) is 6.76. The maximum atomic E-state index is 12.5. The van der Waals surface area contributed by atoms with Crippen molar-refractivity contribution in [2.24, 2.45) is 5.73 Å². The quantitative estimate of drug-likeness (QED) is 0.781. The van der Waals surface area contributed by atoms with Crippen molar-refractivity contribution in [1.29, 1.82) is 0 Å². The average molecular weight is 390 g/mol. The molecule has 0 bridgehead atoms. The maximum Gasteiger partial charge on any atom is 0.252 e. The Hall–Kier alpha value is -1.28. The smallest absolute Gasteiger partial charge is 0.252 e. The number of hydrogen-bond donors (Lipinski definition) is 2. The third-order valence-electron chi connectivity index (χ3n) is 5.24. The van der Waals surface area contributed by atoms with Crippen molar-refractivity contribution in [2.45, 2.75) is 31.3 Å². The highest BCUT2D eigenvalue weighted by Gasteiger charge is 2.35. The van der Waals surface area contributed by atoms with Crippen molar-refractivity contribution in [3.63, 3.8) is 0 Å². The predicted octanol–water partition coefficient (Wildman–Crippen LogP) is 0.818. The van der Waals surface area contributed by atoms with Crippen LogP contribution in [0.5, 0.6) is 0 Å². The topological polar surface area (TPSA) is 83.6 Å². The van der Waals surface area contributed by atoms with Gasteiger partial charge in [-0.1, -0.05) is 0 Å². The first-order valence-electron chi connectivity index (χ1n) is 8.41. The molecule has 1 aromatic rings. The zero-order valence-corrected chi connectivity index (χ0v) is 15.7. The summed E-state index contributed by atoms with van der Waals surface area (Å²) in [6.07, 6.45) is 2.85. The fraction of sp³-hybridized carbons (Fsp3) is 0.625. The fourth-order valence-corrected chi connectivity index (χ4v) is 3.94. The number of amides is 1. The second kappa shape index (κ2) is 7.95. The Morgan fingerprint density at radius 3 is 2.52 bits per heavy atom. The lowest BCUT2D eigenvalue weighted by atomic mass is 10.0. The van der Waals surface area contributed by atoms with Crippen LogP contribution in [0.2, 0.25) is 0 Å². The predicted molar refractivity (Wildman–Crippen MR) is 103 cm³/mol. The van der Waals surface area contributed by atoms with Crippen molar-refractivity contribution in [2.75, 3.05) is 42.9 Å². The highest BCUT2D eigenvalue weighted by Crippen LogP contribution is 2.35. The van der Waals surface area contributed by atoms with E-state index in [0.717, 1.165) is 50.4 Å². The largest absolute Gasteiger partial charge is 0.373 e. The summed E-state index contributed by atoms with van der Waals surface area (Å²) in [6.45, 7) is 3.82. The van der Waals surface area contributed by atoms with E-state index < -0.39 is 0 Å². The zero-order valence-electron chi connectivity index (χ0n) is 14.0. The van der Waals surface area contributed by atoms with E-state index in [1.165, 1.54) is 0 Å². The molecule has 3 aliphatic heterocycles. The van der Waals surface area contributed by atoms with Crippen LogP contribution in [0.3, 0.4) is 0 Å². The molecule has 1 amide bonds. The van der Waals surface area contributed by atoms with E-state index in [9.17, 15) is 9.59 Å². The fourth-order valence-electron chi connectivity index (χ4n) is 3.94. The van der Waals surface area contributed by atoms with Gasteiger partial charge in [-0.15, -0.1) is 24.8 Å². The van der Waals surface area contributed by atoms with Crippen LogP contribution >= 0.6 is 24.8 Å². The summed E-state index contributed by atoms with van der Waals surface area (Å²) in [4.78, 5) is 28.8. The number of carbonyl (C=O) groups excluding carboxylic acids is 1. The number of nitrogens with one attached hydrogen (secondary N) is 1. The molecule has 140 valence electrons. The van der Waals surface area contributed by atoms with Crippen LogP contribution in [0.4, 0.5) is 11.5 Å². The van der Waals surface area contributed by atoms with Gasteiger partial charge < -0.3 is 16.0 Å². The Morgan fingerprint density at radius 1 is 1.08 bits per heavy atom. The molecule has 0 aliphatic carbocycles. The van der Waals surface area contributed by atoms with Gasteiger partial charge in [0.05, 0.1) is 18.3 Å². The number of nitrogens with two attached hydrogens (primary N) is 1. The molecule has 0 spiro atoms. The molecule has 0 saturated carbocycles. The summed E-state index contributed by atoms with van der Waals surface area (Å²) >= 11 is 0. The van der Waals surface area contributed by atoms with E-state index in [4.69, 9.17) is 5.73 Å². The van der Waals surface area contributed by atoms with Gasteiger partial charge in [0.2, 0.25) is 5.91 Å². The molecular weight excluding hydrogens is 365 g/mol. The van der Waals surface area contributed by atoms with Crippen molar-refractivity contribution < 1.29 is 4.79 Å². The number of carbonyl (C=O) groups is 1. The SMILES string of the molecule is Cl.Cl.NC1CCN(CC2CCN3C(=O)CNc4ccc(=O)n2c43)CC1. The van der Waals surface area contributed by atoms with E-state index in [1.807, 2.05) is 4.57 Å². The van der Waals surface area contributed by atoms with Gasteiger partial charge in [-0.2, -0.15) is 0 Å². The molecule has 1 fully saturated rings. The molecule has 9 heteroatoms. The van der Waals surface area contributed by atoms with Crippen molar-refractivity contribution in [3.05, 3.63) is 22.5 Å². The van der Waals surface area contributed by atoms with Gasteiger partial charge in [-0.25, -0.2) is 0 Å². The number of rotatable bonds is 2. The van der Waals surface area contributed by atoms with Crippen LogP contribution in [0.15, 0.2) is 16.9 Å². The molecule has 0 radical (unpaired) electrons. The Kier molecular flexibility index (Phi) is 6.37. The minimum Gasteiger partial charge on any atom is -0.373 e. The first kappa shape index (κ1) is 20.0. The number of anilines is 2. The highest BCUT2D eigenvalue weighted by molar-refractivity contribution is 6.01. The molecule has 4 rings (SSSR count). The van der Waals surface area contributed by atoms with Gasteiger partial charge in [0.1, 0.15) is 5.82 Å². The first-order chi connectivity index (χ1) is 11.1. The lowest BCUT2D eigenvalue weighted by Gasteiger charge is -2.41. The van der Waals surface area contributed by atoms with E-state index in [-0.39, 0.29) is 42.3 Å². The van der Waals surface area contributed by atoms with Crippen LogP contribution in [0.25, 0.3) is 0 Å². The van der Waals surface area contributed by atoms with E-state index in [2.05, 4.69) is 10.2 Å². The first-order valence-corrected chi connectivity index (χ1v) is 8.41. The number of piperidine rings is 1. The monoisotopic (exact) mass is 389 g/mol. The molecule has 3 N–H and O–H groups in total. The second-order valence-electron chi connectivity index (χ2n) is 6.76. The van der Waals surface area contributed by atoms with Crippen molar-refractivity contribution in [1.82, 2.24) is 9.47 Å². The Morgan fingerprint density at radius 2 is 1.80 bits per heavy atom. The molecule has 1 saturated heterocycles. The number of hydrogen-bond acceptors (Lipinski definition) is 5. The minimum atomic E-state index is -0.0244. The third kappa shape index (κ3) is 3.65. The number of likely N-dealkylation sites (tertiary alicyclic amines) is 1. The summed E-state index contributed by atoms with van der Waals surface area (Å²) in [7, 11) is 0. The van der Waals surface area contributed by atoms with Crippen molar-refractivity contribution >= 4 is 42.2 Å². The Labute approximate surface area is 159 Å². The molecular formula is C16H25Cl2N5O2. The Bertz CT molecular complexity index is 688. The van der Waals surface area contributed by atoms with Gasteiger partial charge >= 0.3 is 0 Å². The lowest BCUT2D eigenvalue weighted by molar-refractivity contribution is -0.117. The average Bonchev–Trinajstić information content (AvgIpc) is 2.56. The molecule has 7 nitrogen and oxygen atoms in total. The van der Waals surface area contributed by atoms with Crippen LogP contribution < -0.4 is 21.5 Å². The highest BCUT2D eigenvalue weighted by atomic mass is 35.5. The molecule has 1 atom stereocenters. The van der Waals surface area contributed by atoms with E-state index in [0.29, 0.717) is 19.1 Å². The number of halogens is 2. The maximum absolute atomic E-state index is 12.5. The zero-order chi connectivity index (χ0) is 16.0. The van der Waals surface area contributed by atoms with Gasteiger partial charge in [0, 0.05) is 25.2 Å². The Balaban J connectivity index is 0.00000113. The summed E-state index contributed by atoms with van der Waals surface area (Å²) in [6, 6.07) is 3.82. The van der Waals surface area contributed by atoms with Gasteiger partial charge in [-0.3, -0.25) is 19.1 Å². The number of pyridine rings is 1. The molecule has 1 unspecified atom stereocenters. The van der Waals surface area contributed by atoms with Crippen molar-refractivity contribution in [3.8, 4) is 0 Å². The van der Waals surface area contributed by atoms with Gasteiger partial charge in [0.25, 0.3) is 5.56 Å². The number of aromatic nitrogens is 1. The molecule has 1 aromatic heterocycles. The summed E-state index contributed by atoms with van der Waals surface area (Å²) in [5.41, 5.74) is 6.83. The lowest BCUT2D eigenvalue weighted by Crippen LogP contribution is -2.51. The van der Waals surface area contributed by atoms with Crippen LogP contribution in [-0.2, 0) is 4.79 Å². The van der Waals surface area contributed by atoms with Crippen LogP contribution in [0.1, 0.15) is 25.3 Å². The van der Waals surface area contributed by atoms with E-state index >= 15 is 0 Å². The third-order valence-corrected chi connectivity index (χ3v) is 5.24. The molecule has 3 aliphatic rings. The summed E-state index contributed by atoms with van der Waals surface area (Å²) in [5.74, 6) is 0.790. The summed E-state index contributed by atoms with van der Waals surface area (Å²) in [5, 5.41) is 3.13. The molecule has 4 heterocycles. The van der Waals surface area contributed by atoms with Gasteiger partial charge in [-0.05, 0) is 38.4 Å². The van der Waals surface area contributed by atoms with Crippen LogP contribution in [-0.4, -0.2) is 54.1 Å². The minimum absolute atomic E-state index is 0.